The molecule has 6 aromatic carbocycles. The summed E-state index contributed by atoms with van der Waals surface area (Å²) in [5.74, 6) is 0.522. The zero-order chi connectivity index (χ0) is 29.7. The summed E-state index contributed by atoms with van der Waals surface area (Å²) in [6.45, 7) is 0. The molecule has 0 aromatic heterocycles. The molecule has 1 amide bonds. The molecule has 0 saturated heterocycles. The maximum absolute atomic E-state index is 13.2. The normalized spacial score (nSPS) is 12.3. The smallest absolute Gasteiger partial charge is 0.277 e. The molecule has 1 heterocycles. The van der Waals surface area contributed by atoms with Gasteiger partial charge in [-0.2, -0.15) is 0 Å². The lowest BCUT2D eigenvalue weighted by molar-refractivity contribution is -0.394. The van der Waals surface area contributed by atoms with Crippen molar-refractivity contribution in [1.82, 2.24) is 0 Å². The summed E-state index contributed by atoms with van der Waals surface area (Å²) in [7, 11) is 0. The van der Waals surface area contributed by atoms with Crippen molar-refractivity contribution >= 4 is 44.5 Å². The van der Waals surface area contributed by atoms with E-state index in [1.165, 1.54) is 0 Å². The van der Waals surface area contributed by atoms with Crippen molar-refractivity contribution in [1.29, 1.82) is 0 Å². The van der Waals surface area contributed by atoms with Crippen molar-refractivity contribution in [2.45, 2.75) is 5.92 Å². The Balaban J connectivity index is 1.37. The maximum Gasteiger partial charge on any atom is 0.277 e. The van der Waals surface area contributed by atoms with Crippen LogP contribution in [0.4, 0.5) is 17.1 Å². The quantitative estimate of drug-likeness (QED) is 0.165. The first kappa shape index (κ1) is 25.8. The second-order valence-corrected chi connectivity index (χ2v) is 10.3. The number of ether oxygens (including phenoxy) is 1. The van der Waals surface area contributed by atoms with Crippen LogP contribution in [0.2, 0.25) is 0 Å². The standard InChI is InChI=1S/C34H21N3O6/c38-34(23-17-25(36(39)40)19-26(18-23)37(41)42)35-24-9-5-8-22(16-24)31-32-27-10-3-1-6-20(27)12-14-29(32)43-30-15-13-21-7-2-4-11-28(21)33(30)31/h1-19,31H,(H,35,38). The van der Waals surface area contributed by atoms with Gasteiger partial charge < -0.3 is 10.1 Å². The van der Waals surface area contributed by atoms with Gasteiger partial charge in [-0.3, -0.25) is 25.0 Å². The molecule has 9 nitrogen and oxygen atoms in total. The summed E-state index contributed by atoms with van der Waals surface area (Å²) in [5.41, 5.74) is 2.06. The van der Waals surface area contributed by atoms with E-state index in [4.69, 9.17) is 4.74 Å². The molecule has 0 radical (unpaired) electrons. The fourth-order valence-electron chi connectivity index (χ4n) is 5.86. The second kappa shape index (κ2) is 10.1. The minimum Gasteiger partial charge on any atom is -0.457 e. The van der Waals surface area contributed by atoms with Crippen molar-refractivity contribution in [2.24, 2.45) is 0 Å². The summed E-state index contributed by atoms with van der Waals surface area (Å²) in [6, 6.07) is 34.5. The fraction of sp³-hybridized carbons (Fsp3) is 0.0294. The third-order valence-corrected chi connectivity index (χ3v) is 7.72. The number of nitrogens with zero attached hydrogens (tertiary/aromatic N) is 2. The Bertz CT molecular complexity index is 2020. The molecule has 0 fully saturated rings. The molecule has 0 unspecified atom stereocenters. The van der Waals surface area contributed by atoms with Crippen LogP contribution < -0.4 is 10.1 Å². The summed E-state index contributed by atoms with van der Waals surface area (Å²) < 4.78 is 6.48. The fourth-order valence-corrected chi connectivity index (χ4v) is 5.86. The van der Waals surface area contributed by atoms with Crippen LogP contribution in [0.3, 0.4) is 0 Å². The Morgan fingerprint density at radius 2 is 1.21 bits per heavy atom. The zero-order valence-corrected chi connectivity index (χ0v) is 22.4. The highest BCUT2D eigenvalue weighted by atomic mass is 16.6. The van der Waals surface area contributed by atoms with Crippen LogP contribution in [0.15, 0.2) is 115 Å². The van der Waals surface area contributed by atoms with Gasteiger partial charge in [-0.25, -0.2) is 0 Å². The maximum atomic E-state index is 13.2. The van der Waals surface area contributed by atoms with E-state index in [9.17, 15) is 25.0 Å². The van der Waals surface area contributed by atoms with Gasteiger partial charge in [0.2, 0.25) is 0 Å². The Morgan fingerprint density at radius 1 is 0.651 bits per heavy atom. The van der Waals surface area contributed by atoms with Gasteiger partial charge in [-0.1, -0.05) is 72.8 Å². The minimum atomic E-state index is -0.765. The van der Waals surface area contributed by atoms with Gasteiger partial charge in [0.15, 0.2) is 0 Å². The number of hydrogen-bond acceptors (Lipinski definition) is 6. The molecular weight excluding hydrogens is 546 g/mol. The highest BCUT2D eigenvalue weighted by molar-refractivity contribution is 6.05. The first-order valence-corrected chi connectivity index (χ1v) is 13.4. The molecule has 0 saturated carbocycles. The molecule has 208 valence electrons. The second-order valence-electron chi connectivity index (χ2n) is 10.3. The molecule has 0 aliphatic carbocycles. The number of benzene rings is 6. The van der Waals surface area contributed by atoms with E-state index in [2.05, 4.69) is 29.6 Å². The molecule has 43 heavy (non-hydrogen) atoms. The van der Waals surface area contributed by atoms with Gasteiger partial charge in [0.05, 0.1) is 21.5 Å². The average Bonchev–Trinajstić information content (AvgIpc) is 3.03. The number of carbonyl (C=O) groups excluding carboxylic acids is 1. The van der Waals surface area contributed by atoms with Crippen LogP contribution in [0.1, 0.15) is 33.0 Å². The highest BCUT2D eigenvalue weighted by Gasteiger charge is 2.32. The summed E-state index contributed by atoms with van der Waals surface area (Å²) in [4.78, 5) is 34.4. The predicted molar refractivity (Wildman–Crippen MR) is 163 cm³/mol. The number of non-ortho nitro benzene ring substituents is 2. The number of nitro benzene ring substituents is 2. The predicted octanol–water partition coefficient (Wildman–Crippen LogP) is 8.35. The molecule has 1 aliphatic rings. The molecule has 0 bridgehead atoms. The molecule has 1 aliphatic heterocycles. The van der Waals surface area contributed by atoms with Crippen molar-refractivity contribution < 1.29 is 19.4 Å². The molecule has 6 aromatic rings. The SMILES string of the molecule is O=C(Nc1cccc(C2c3c(ccc4ccccc34)Oc3ccc4ccccc4c32)c1)c1cc([N+](=O)[O-])cc([N+](=O)[O-])c1. The van der Waals surface area contributed by atoms with Gasteiger partial charge in [-0.15, -0.1) is 0 Å². The topological polar surface area (TPSA) is 125 Å². The average molecular weight is 568 g/mol. The first-order valence-electron chi connectivity index (χ1n) is 13.4. The minimum absolute atomic E-state index is 0.190. The Hall–Kier alpha value is -6.09. The van der Waals surface area contributed by atoms with E-state index in [1.807, 2.05) is 66.7 Å². The summed E-state index contributed by atoms with van der Waals surface area (Å²) in [6.07, 6.45) is 0. The van der Waals surface area contributed by atoms with Gasteiger partial charge in [0.1, 0.15) is 11.5 Å². The molecular formula is C34H21N3O6. The Kier molecular flexibility index (Phi) is 6.06. The van der Waals surface area contributed by atoms with E-state index in [1.54, 1.807) is 6.07 Å². The zero-order valence-electron chi connectivity index (χ0n) is 22.4. The number of hydrogen-bond donors (Lipinski definition) is 1. The van der Waals surface area contributed by atoms with Crippen LogP contribution in [-0.4, -0.2) is 15.8 Å². The van der Waals surface area contributed by atoms with Gasteiger partial charge in [0.25, 0.3) is 17.3 Å². The molecule has 9 heteroatoms. The number of anilines is 1. The van der Waals surface area contributed by atoms with Gasteiger partial charge >= 0.3 is 0 Å². The number of rotatable bonds is 5. The Labute approximate surface area is 244 Å². The highest BCUT2D eigenvalue weighted by Crippen LogP contribution is 2.52. The molecule has 7 rings (SSSR count). The van der Waals surface area contributed by atoms with E-state index < -0.39 is 27.1 Å². The van der Waals surface area contributed by atoms with E-state index >= 15 is 0 Å². The number of amides is 1. The van der Waals surface area contributed by atoms with E-state index in [0.29, 0.717) is 5.69 Å². The third-order valence-electron chi connectivity index (χ3n) is 7.72. The monoisotopic (exact) mass is 567 g/mol. The third kappa shape index (κ3) is 4.49. The largest absolute Gasteiger partial charge is 0.457 e. The van der Waals surface area contributed by atoms with Crippen molar-refractivity contribution in [3.63, 3.8) is 0 Å². The Morgan fingerprint density at radius 3 is 1.77 bits per heavy atom. The van der Waals surface area contributed by atoms with Crippen LogP contribution in [-0.2, 0) is 0 Å². The van der Waals surface area contributed by atoms with Crippen LogP contribution in [0, 0.1) is 20.2 Å². The van der Waals surface area contributed by atoms with Crippen LogP contribution >= 0.6 is 0 Å². The molecule has 0 spiro atoms. The van der Waals surface area contributed by atoms with Gasteiger partial charge in [-0.05, 0) is 51.4 Å². The van der Waals surface area contributed by atoms with Crippen molar-refractivity contribution in [2.75, 3.05) is 5.32 Å². The van der Waals surface area contributed by atoms with Crippen LogP contribution in [0.5, 0.6) is 11.5 Å². The van der Waals surface area contributed by atoms with E-state index in [-0.39, 0.29) is 11.5 Å². The molecule has 0 atom stereocenters. The van der Waals surface area contributed by atoms with Gasteiger partial charge in [0, 0.05) is 34.9 Å². The summed E-state index contributed by atoms with van der Waals surface area (Å²) in [5, 5.41) is 29.7. The van der Waals surface area contributed by atoms with E-state index in [0.717, 1.165) is 67.9 Å². The lowest BCUT2D eigenvalue weighted by atomic mass is 9.78. The van der Waals surface area contributed by atoms with Crippen molar-refractivity contribution in [3.05, 3.63) is 158 Å². The number of fused-ring (bicyclic) bond motifs is 6. The van der Waals surface area contributed by atoms with Crippen molar-refractivity contribution in [3.8, 4) is 11.5 Å². The summed E-state index contributed by atoms with van der Waals surface area (Å²) >= 11 is 0. The molecule has 1 N–H and O–H groups in total. The first-order chi connectivity index (χ1) is 20.9. The lowest BCUT2D eigenvalue weighted by Gasteiger charge is -2.31. The number of nitro groups is 2. The van der Waals surface area contributed by atoms with Crippen LogP contribution in [0.25, 0.3) is 21.5 Å². The number of carbonyl (C=O) groups is 1. The lowest BCUT2D eigenvalue weighted by Crippen LogP contribution is -2.15. The number of nitrogens with one attached hydrogen (secondary N) is 1.